The average molecular weight is 356 g/mol. The first kappa shape index (κ1) is 18.7. The van der Waals surface area contributed by atoms with E-state index in [1.165, 1.54) is 0 Å². The Morgan fingerprint density at radius 2 is 2.25 bits per heavy atom. The van der Waals surface area contributed by atoms with E-state index >= 15 is 0 Å². The predicted octanol–water partition coefficient (Wildman–Crippen LogP) is 0.281. The molecule has 0 aromatic carbocycles. The van der Waals surface area contributed by atoms with Crippen LogP contribution in [0.5, 0.6) is 0 Å². The molecule has 0 spiro atoms. The van der Waals surface area contributed by atoms with Gasteiger partial charge in [0.2, 0.25) is 10.0 Å². The molecule has 1 aromatic heterocycles. The molecule has 0 radical (unpaired) electrons. The third-order valence-electron chi connectivity index (χ3n) is 4.20. The first-order valence-electron chi connectivity index (χ1n) is 8.36. The van der Waals surface area contributed by atoms with Gasteiger partial charge in [0.05, 0.1) is 25.2 Å². The highest BCUT2D eigenvalue weighted by atomic mass is 32.2. The summed E-state index contributed by atoms with van der Waals surface area (Å²) >= 11 is 0. The number of aromatic nitrogens is 2. The number of nitrogens with one attached hydrogen (secondary N) is 2. The van der Waals surface area contributed by atoms with Gasteiger partial charge in [-0.25, -0.2) is 18.1 Å². The molecule has 0 amide bonds. The van der Waals surface area contributed by atoms with E-state index in [9.17, 15) is 8.42 Å². The zero-order chi connectivity index (χ0) is 17.6. The first-order chi connectivity index (χ1) is 11.4. The van der Waals surface area contributed by atoms with Gasteiger partial charge in [0.1, 0.15) is 0 Å². The molecule has 1 aliphatic heterocycles. The average Bonchev–Trinajstić information content (AvgIpc) is 3.04. The fourth-order valence-corrected chi connectivity index (χ4v) is 3.38. The molecule has 9 heteroatoms. The molecule has 1 saturated heterocycles. The Hall–Kier alpha value is -1.61. The van der Waals surface area contributed by atoms with Crippen molar-refractivity contribution in [2.45, 2.75) is 26.3 Å². The summed E-state index contributed by atoms with van der Waals surface area (Å²) in [5.41, 5.74) is 0. The molecule has 1 aliphatic rings. The molecule has 0 aliphatic carbocycles. The van der Waals surface area contributed by atoms with E-state index in [0.717, 1.165) is 38.3 Å². The third kappa shape index (κ3) is 5.48. The SMILES string of the molecule is CCNC(=NCCNS(C)(=O)=O)N1CCC(C)C(n2ccnc2)C1. The molecule has 0 bridgehead atoms. The number of sulfonamides is 1. The number of guanidine groups is 1. The quantitative estimate of drug-likeness (QED) is 0.434. The molecule has 2 N–H and O–H groups in total. The smallest absolute Gasteiger partial charge is 0.208 e. The minimum absolute atomic E-state index is 0.308. The van der Waals surface area contributed by atoms with Crippen molar-refractivity contribution in [1.82, 2.24) is 24.5 Å². The van der Waals surface area contributed by atoms with Crippen LogP contribution in [0.25, 0.3) is 0 Å². The number of imidazole rings is 1. The predicted molar refractivity (Wildman–Crippen MR) is 95.4 cm³/mol. The normalized spacial score (nSPS) is 22.6. The number of aliphatic imine (C=N–C) groups is 1. The van der Waals surface area contributed by atoms with Crippen molar-refractivity contribution < 1.29 is 8.42 Å². The first-order valence-corrected chi connectivity index (χ1v) is 10.2. The van der Waals surface area contributed by atoms with Crippen LogP contribution in [-0.2, 0) is 10.0 Å². The molecule has 2 heterocycles. The van der Waals surface area contributed by atoms with E-state index in [-0.39, 0.29) is 0 Å². The second kappa shape index (κ2) is 8.48. The molecular formula is C15H28N6O2S. The topological polar surface area (TPSA) is 91.6 Å². The molecule has 136 valence electrons. The van der Waals surface area contributed by atoms with Gasteiger partial charge < -0.3 is 14.8 Å². The van der Waals surface area contributed by atoms with Gasteiger partial charge in [-0.05, 0) is 19.3 Å². The van der Waals surface area contributed by atoms with Gasteiger partial charge >= 0.3 is 0 Å². The maximum atomic E-state index is 11.1. The van der Waals surface area contributed by atoms with Crippen LogP contribution in [0.15, 0.2) is 23.7 Å². The molecule has 2 atom stereocenters. The molecule has 2 unspecified atom stereocenters. The van der Waals surface area contributed by atoms with Crippen LogP contribution in [0.2, 0.25) is 0 Å². The number of likely N-dealkylation sites (tertiary alicyclic amines) is 1. The Kier molecular flexibility index (Phi) is 6.61. The molecule has 24 heavy (non-hydrogen) atoms. The van der Waals surface area contributed by atoms with Gasteiger partial charge in [-0.3, -0.25) is 4.99 Å². The van der Waals surface area contributed by atoms with E-state index in [0.29, 0.717) is 25.0 Å². The van der Waals surface area contributed by atoms with Crippen LogP contribution < -0.4 is 10.0 Å². The fourth-order valence-electron chi connectivity index (χ4n) is 2.91. The summed E-state index contributed by atoms with van der Waals surface area (Å²) in [6, 6.07) is 0.360. The van der Waals surface area contributed by atoms with Crippen LogP contribution in [-0.4, -0.2) is 67.8 Å². The maximum absolute atomic E-state index is 11.1. The van der Waals surface area contributed by atoms with Crippen molar-refractivity contribution in [2.24, 2.45) is 10.9 Å². The summed E-state index contributed by atoms with van der Waals surface area (Å²) in [5.74, 6) is 1.41. The minimum atomic E-state index is -3.17. The lowest BCUT2D eigenvalue weighted by molar-refractivity contribution is 0.189. The van der Waals surface area contributed by atoms with Crippen LogP contribution >= 0.6 is 0 Å². The van der Waals surface area contributed by atoms with E-state index < -0.39 is 10.0 Å². The molecular weight excluding hydrogens is 328 g/mol. The zero-order valence-electron chi connectivity index (χ0n) is 14.6. The number of piperidine rings is 1. The summed E-state index contributed by atoms with van der Waals surface area (Å²) in [5, 5.41) is 3.30. The maximum Gasteiger partial charge on any atom is 0.208 e. The summed E-state index contributed by atoms with van der Waals surface area (Å²) in [6.07, 6.45) is 7.91. The second-order valence-corrected chi connectivity index (χ2v) is 8.02. The molecule has 8 nitrogen and oxygen atoms in total. The van der Waals surface area contributed by atoms with Crippen LogP contribution in [0.1, 0.15) is 26.3 Å². The minimum Gasteiger partial charge on any atom is -0.357 e. The summed E-state index contributed by atoms with van der Waals surface area (Å²) in [6.45, 7) is 7.60. The van der Waals surface area contributed by atoms with Crippen molar-refractivity contribution >= 4 is 16.0 Å². The number of rotatable bonds is 6. The Morgan fingerprint density at radius 1 is 1.46 bits per heavy atom. The summed E-state index contributed by atoms with van der Waals surface area (Å²) in [7, 11) is -3.17. The van der Waals surface area contributed by atoms with E-state index in [1.807, 2.05) is 25.6 Å². The van der Waals surface area contributed by atoms with E-state index in [2.05, 4.69) is 36.4 Å². The fraction of sp³-hybridized carbons (Fsp3) is 0.733. The molecule has 0 saturated carbocycles. The number of nitrogens with zero attached hydrogens (tertiary/aromatic N) is 4. The Morgan fingerprint density at radius 3 is 2.88 bits per heavy atom. The summed E-state index contributed by atoms with van der Waals surface area (Å²) in [4.78, 5) is 11.0. The second-order valence-electron chi connectivity index (χ2n) is 6.19. The molecule has 1 fully saturated rings. The van der Waals surface area contributed by atoms with Crippen molar-refractivity contribution in [2.75, 3.05) is 39.0 Å². The number of hydrogen-bond donors (Lipinski definition) is 2. The van der Waals surface area contributed by atoms with Crippen LogP contribution in [0.4, 0.5) is 0 Å². The van der Waals surface area contributed by atoms with Gasteiger partial charge in [-0.15, -0.1) is 0 Å². The molecule has 2 rings (SSSR count). The Bertz CT molecular complexity index is 628. The van der Waals surface area contributed by atoms with Crippen molar-refractivity contribution in [3.05, 3.63) is 18.7 Å². The lowest BCUT2D eigenvalue weighted by atomic mass is 9.93. The third-order valence-corrected chi connectivity index (χ3v) is 4.93. The van der Waals surface area contributed by atoms with Gasteiger partial charge in [0, 0.05) is 38.6 Å². The summed E-state index contributed by atoms with van der Waals surface area (Å²) < 4.78 is 26.9. The monoisotopic (exact) mass is 356 g/mol. The lowest BCUT2D eigenvalue weighted by Crippen LogP contribution is -2.49. The van der Waals surface area contributed by atoms with Crippen molar-refractivity contribution in [1.29, 1.82) is 0 Å². The highest BCUT2D eigenvalue weighted by molar-refractivity contribution is 7.88. The van der Waals surface area contributed by atoms with Gasteiger partial charge in [0.15, 0.2) is 5.96 Å². The highest BCUT2D eigenvalue weighted by Gasteiger charge is 2.28. The Balaban J connectivity index is 2.01. The van der Waals surface area contributed by atoms with Crippen molar-refractivity contribution in [3.63, 3.8) is 0 Å². The van der Waals surface area contributed by atoms with Crippen LogP contribution in [0.3, 0.4) is 0 Å². The van der Waals surface area contributed by atoms with Gasteiger partial charge in [0.25, 0.3) is 0 Å². The number of hydrogen-bond acceptors (Lipinski definition) is 4. The molecule has 1 aromatic rings. The standard InChI is InChI=1S/C15H28N6O2S/c1-4-17-15(18-6-7-19-24(3,22)23)20-9-5-13(2)14(11-20)21-10-8-16-12-21/h8,10,12-14,19H,4-7,9,11H2,1-3H3,(H,17,18). The lowest BCUT2D eigenvalue weighted by Gasteiger charge is -2.39. The highest BCUT2D eigenvalue weighted by Crippen LogP contribution is 2.27. The van der Waals surface area contributed by atoms with Crippen LogP contribution in [0, 0.1) is 5.92 Å². The van der Waals surface area contributed by atoms with Gasteiger partial charge in [-0.2, -0.15) is 0 Å². The Labute approximate surface area is 144 Å². The largest absolute Gasteiger partial charge is 0.357 e. The van der Waals surface area contributed by atoms with Crippen molar-refractivity contribution in [3.8, 4) is 0 Å². The zero-order valence-corrected chi connectivity index (χ0v) is 15.5. The van der Waals surface area contributed by atoms with Gasteiger partial charge in [-0.1, -0.05) is 6.92 Å². The van der Waals surface area contributed by atoms with E-state index in [4.69, 9.17) is 0 Å². The van der Waals surface area contributed by atoms with E-state index in [1.54, 1.807) is 0 Å².